The summed E-state index contributed by atoms with van der Waals surface area (Å²) in [5, 5.41) is 9.11. The minimum Gasteiger partial charge on any atom is -0.393 e. The number of rotatable bonds is 10. The topological polar surface area (TPSA) is 20.2 Å². The summed E-state index contributed by atoms with van der Waals surface area (Å²) in [7, 11) is 0. The fraction of sp³-hybridized carbons (Fsp3) is 0.929. The molecule has 89 valence electrons. The Hall–Kier alpha value is -0.0400. The van der Waals surface area contributed by atoms with Crippen LogP contribution in [0, 0.1) is 5.92 Å². The third kappa shape index (κ3) is 6.94. The van der Waals surface area contributed by atoms with Gasteiger partial charge in [0.1, 0.15) is 0 Å². The van der Waals surface area contributed by atoms with Crippen LogP contribution in [0.5, 0.6) is 0 Å². The lowest BCUT2D eigenvalue weighted by Gasteiger charge is -2.01. The number of unbranched alkanes of at least 4 members (excludes halogenated alkanes) is 8. The average molecular weight is 211 g/mol. The molecule has 1 nitrogen and oxygen atoms in total. The fourth-order valence-corrected chi connectivity index (χ4v) is 2.12. The summed E-state index contributed by atoms with van der Waals surface area (Å²) in [5.74, 6) is 1.40. The van der Waals surface area contributed by atoms with Crippen LogP contribution in [0.25, 0.3) is 0 Å². The molecule has 0 saturated heterocycles. The van der Waals surface area contributed by atoms with Crippen LogP contribution in [0.3, 0.4) is 0 Å². The molecule has 0 aromatic carbocycles. The highest BCUT2D eigenvalue weighted by Gasteiger charge is 2.34. The van der Waals surface area contributed by atoms with Gasteiger partial charge in [0.15, 0.2) is 0 Å². The second kappa shape index (κ2) is 8.15. The molecule has 1 rings (SSSR count). The molecule has 1 fully saturated rings. The van der Waals surface area contributed by atoms with Gasteiger partial charge in [-0.25, -0.2) is 0 Å². The Morgan fingerprint density at radius 2 is 1.40 bits per heavy atom. The van der Waals surface area contributed by atoms with Crippen LogP contribution in [0.1, 0.15) is 77.6 Å². The van der Waals surface area contributed by atoms with Gasteiger partial charge in [0.2, 0.25) is 0 Å². The molecule has 1 N–H and O–H groups in total. The zero-order valence-electron chi connectivity index (χ0n) is 10.3. The van der Waals surface area contributed by atoms with E-state index in [1.807, 2.05) is 0 Å². The number of hydrogen-bond acceptors (Lipinski definition) is 1. The lowest BCUT2D eigenvalue weighted by molar-refractivity contribution is 0.281. The summed E-state index contributed by atoms with van der Waals surface area (Å²) in [6.45, 7) is 2.27. The molecular weight excluding hydrogens is 184 g/mol. The zero-order chi connectivity index (χ0) is 10.9. The largest absolute Gasteiger partial charge is 0.393 e. The molecule has 1 saturated carbocycles. The van der Waals surface area contributed by atoms with E-state index in [4.69, 9.17) is 5.11 Å². The van der Waals surface area contributed by atoms with Gasteiger partial charge in [-0.3, -0.25) is 0 Å². The van der Waals surface area contributed by atoms with Crippen LogP contribution in [0.2, 0.25) is 0 Å². The van der Waals surface area contributed by atoms with E-state index in [1.165, 1.54) is 70.1 Å². The van der Waals surface area contributed by atoms with Gasteiger partial charge in [-0.1, -0.05) is 64.7 Å². The Kier molecular flexibility index (Phi) is 7.08. The Morgan fingerprint density at radius 1 is 0.933 bits per heavy atom. The van der Waals surface area contributed by atoms with Crippen LogP contribution < -0.4 is 0 Å². The van der Waals surface area contributed by atoms with Crippen molar-refractivity contribution in [3.05, 3.63) is 5.92 Å². The van der Waals surface area contributed by atoms with Crippen LogP contribution in [-0.4, -0.2) is 11.2 Å². The normalized spacial score (nSPS) is 20.8. The van der Waals surface area contributed by atoms with Crippen molar-refractivity contribution in [3.8, 4) is 0 Å². The highest BCUT2D eigenvalue weighted by Crippen LogP contribution is 2.37. The SMILES string of the molecule is CCCCCCCCCCC[C]1CC1O. The molecule has 0 spiro atoms. The molecule has 1 unspecified atom stereocenters. The van der Waals surface area contributed by atoms with Gasteiger partial charge in [0.05, 0.1) is 6.10 Å². The number of aliphatic hydroxyl groups excluding tert-OH is 1. The molecular formula is C14H27O. The lowest BCUT2D eigenvalue weighted by Crippen LogP contribution is -1.85. The monoisotopic (exact) mass is 211 g/mol. The number of hydrogen-bond donors (Lipinski definition) is 1. The van der Waals surface area contributed by atoms with Crippen molar-refractivity contribution in [3.63, 3.8) is 0 Å². The van der Waals surface area contributed by atoms with E-state index in [0.717, 1.165) is 6.42 Å². The molecule has 1 aliphatic rings. The molecule has 0 aromatic rings. The van der Waals surface area contributed by atoms with Crippen molar-refractivity contribution in [2.75, 3.05) is 0 Å². The van der Waals surface area contributed by atoms with E-state index >= 15 is 0 Å². The molecule has 15 heavy (non-hydrogen) atoms. The van der Waals surface area contributed by atoms with Crippen molar-refractivity contribution >= 4 is 0 Å². The maximum Gasteiger partial charge on any atom is 0.0610 e. The van der Waals surface area contributed by atoms with E-state index in [9.17, 15) is 0 Å². The first kappa shape index (κ1) is 13.0. The summed E-state index contributed by atoms with van der Waals surface area (Å²) in [4.78, 5) is 0. The first-order valence-corrected chi connectivity index (χ1v) is 6.87. The molecule has 0 aliphatic heterocycles. The van der Waals surface area contributed by atoms with E-state index in [1.54, 1.807) is 0 Å². The molecule has 1 radical (unpaired) electrons. The average Bonchev–Trinajstić information content (AvgIpc) is 2.92. The fourth-order valence-electron chi connectivity index (χ4n) is 2.12. The maximum absolute atomic E-state index is 9.11. The standard InChI is InChI=1S/C14H27O/c1-2-3-4-5-6-7-8-9-10-11-13-12-14(13)15/h14-15H,2-12H2,1H3. The Morgan fingerprint density at radius 3 is 1.87 bits per heavy atom. The number of aliphatic hydroxyl groups is 1. The second-order valence-electron chi connectivity index (χ2n) is 4.96. The Labute approximate surface area is 95.3 Å². The van der Waals surface area contributed by atoms with Gasteiger partial charge in [-0.05, 0) is 12.8 Å². The third-order valence-electron chi connectivity index (χ3n) is 3.37. The van der Waals surface area contributed by atoms with Gasteiger partial charge in [0.25, 0.3) is 0 Å². The quantitative estimate of drug-likeness (QED) is 0.536. The van der Waals surface area contributed by atoms with Crippen molar-refractivity contribution < 1.29 is 5.11 Å². The molecule has 0 aromatic heterocycles. The second-order valence-corrected chi connectivity index (χ2v) is 4.96. The predicted molar refractivity (Wildman–Crippen MR) is 65.7 cm³/mol. The summed E-state index contributed by atoms with van der Waals surface area (Å²) in [6, 6.07) is 0. The van der Waals surface area contributed by atoms with Crippen molar-refractivity contribution in [1.29, 1.82) is 0 Å². The summed E-state index contributed by atoms with van der Waals surface area (Å²) in [6.07, 6.45) is 14.7. The van der Waals surface area contributed by atoms with Gasteiger partial charge in [-0.2, -0.15) is 0 Å². The third-order valence-corrected chi connectivity index (χ3v) is 3.37. The van der Waals surface area contributed by atoms with Crippen LogP contribution in [0.15, 0.2) is 0 Å². The van der Waals surface area contributed by atoms with Crippen LogP contribution in [-0.2, 0) is 0 Å². The molecule has 1 atom stereocenters. The first-order chi connectivity index (χ1) is 7.34. The van der Waals surface area contributed by atoms with E-state index in [2.05, 4.69) is 6.92 Å². The van der Waals surface area contributed by atoms with Gasteiger partial charge in [-0.15, -0.1) is 0 Å². The van der Waals surface area contributed by atoms with Gasteiger partial charge >= 0.3 is 0 Å². The van der Waals surface area contributed by atoms with E-state index < -0.39 is 0 Å². The highest BCUT2D eigenvalue weighted by molar-refractivity contribution is 5.14. The van der Waals surface area contributed by atoms with E-state index in [-0.39, 0.29) is 6.10 Å². The van der Waals surface area contributed by atoms with Crippen LogP contribution >= 0.6 is 0 Å². The minimum absolute atomic E-state index is 0.0148. The molecule has 0 amide bonds. The predicted octanol–water partition coefficient (Wildman–Crippen LogP) is 4.25. The zero-order valence-corrected chi connectivity index (χ0v) is 10.3. The summed E-state index contributed by atoms with van der Waals surface area (Å²) >= 11 is 0. The van der Waals surface area contributed by atoms with Gasteiger partial charge < -0.3 is 5.11 Å². The van der Waals surface area contributed by atoms with Gasteiger partial charge in [0, 0.05) is 5.92 Å². The van der Waals surface area contributed by atoms with Crippen molar-refractivity contribution in [2.24, 2.45) is 0 Å². The molecule has 1 heteroatoms. The Balaban J connectivity index is 1.66. The van der Waals surface area contributed by atoms with Crippen molar-refractivity contribution in [2.45, 2.75) is 83.7 Å². The molecule has 1 aliphatic carbocycles. The van der Waals surface area contributed by atoms with E-state index in [0.29, 0.717) is 0 Å². The first-order valence-electron chi connectivity index (χ1n) is 6.87. The maximum atomic E-state index is 9.11. The van der Waals surface area contributed by atoms with Crippen LogP contribution in [0.4, 0.5) is 0 Å². The lowest BCUT2D eigenvalue weighted by atomic mass is 10.1. The summed E-state index contributed by atoms with van der Waals surface area (Å²) < 4.78 is 0. The Bertz CT molecular complexity index is 144. The highest BCUT2D eigenvalue weighted by atomic mass is 16.3. The van der Waals surface area contributed by atoms with Crippen molar-refractivity contribution in [1.82, 2.24) is 0 Å². The minimum atomic E-state index is -0.0148. The molecule has 0 heterocycles. The molecule has 0 bridgehead atoms. The smallest absolute Gasteiger partial charge is 0.0610 e. The summed E-state index contributed by atoms with van der Waals surface area (Å²) in [5.41, 5.74) is 0.